The fourth-order valence-electron chi connectivity index (χ4n) is 3.48. The molecule has 1 amide bonds. The third kappa shape index (κ3) is 4.85. The zero-order chi connectivity index (χ0) is 22.1. The minimum absolute atomic E-state index is 0.0264. The Hall–Kier alpha value is -2.78. The number of rotatable bonds is 3. The Balaban J connectivity index is 2.04. The first-order valence-electron chi connectivity index (χ1n) is 9.41. The van der Waals surface area contributed by atoms with E-state index in [9.17, 15) is 26.7 Å². The molecule has 0 spiro atoms. The maximum Gasteiger partial charge on any atom is 0.418 e. The molecule has 1 fully saturated rings. The zero-order valence-corrected chi connectivity index (χ0v) is 16.5. The Morgan fingerprint density at radius 2 is 1.90 bits per heavy atom. The number of hydrogen-bond donors (Lipinski definition) is 1. The average molecular weight is 428 g/mol. The molecule has 0 aliphatic carbocycles. The third-order valence-electron chi connectivity index (χ3n) is 5.02. The minimum atomic E-state index is -4.70. The standard InChI is InChI=1S/C20H21F5N4O/c1-12-10-14(4-7-26-12)28-18(30)16-13(2)15(20(23,24)25)11-27-17(16)29-8-3-5-19(21,22)6-9-29/h4,7,10-11H,3,5-6,8-9H2,1-2H3,(H,26,28,30). The van der Waals surface area contributed by atoms with Gasteiger partial charge in [0, 0.05) is 49.7 Å². The van der Waals surface area contributed by atoms with Crippen LogP contribution in [0.4, 0.5) is 33.5 Å². The van der Waals surface area contributed by atoms with Crippen LogP contribution in [0.25, 0.3) is 0 Å². The van der Waals surface area contributed by atoms with Crippen molar-refractivity contribution in [2.45, 2.75) is 45.2 Å². The number of nitrogens with zero attached hydrogens (tertiary/aromatic N) is 3. The summed E-state index contributed by atoms with van der Waals surface area (Å²) < 4.78 is 67.8. The van der Waals surface area contributed by atoms with Gasteiger partial charge in [-0.2, -0.15) is 13.2 Å². The van der Waals surface area contributed by atoms with Crippen LogP contribution in [0.15, 0.2) is 24.5 Å². The number of alkyl halides is 5. The predicted molar refractivity (Wildman–Crippen MR) is 102 cm³/mol. The van der Waals surface area contributed by atoms with Crippen LogP contribution in [0.5, 0.6) is 0 Å². The number of anilines is 2. The highest BCUT2D eigenvalue weighted by Crippen LogP contribution is 2.37. The number of halogens is 5. The molecule has 2 aromatic heterocycles. The highest BCUT2D eigenvalue weighted by molar-refractivity contribution is 6.08. The van der Waals surface area contributed by atoms with Crippen molar-refractivity contribution in [2.24, 2.45) is 0 Å². The van der Waals surface area contributed by atoms with E-state index in [4.69, 9.17) is 0 Å². The van der Waals surface area contributed by atoms with Crippen LogP contribution in [0.3, 0.4) is 0 Å². The van der Waals surface area contributed by atoms with Crippen molar-refractivity contribution in [1.82, 2.24) is 9.97 Å². The minimum Gasteiger partial charge on any atom is -0.356 e. The monoisotopic (exact) mass is 428 g/mol. The lowest BCUT2D eigenvalue weighted by Gasteiger charge is -2.26. The highest BCUT2D eigenvalue weighted by Gasteiger charge is 2.38. The molecular weight excluding hydrogens is 407 g/mol. The van der Waals surface area contributed by atoms with Gasteiger partial charge < -0.3 is 10.2 Å². The van der Waals surface area contributed by atoms with Crippen LogP contribution in [0.1, 0.15) is 46.4 Å². The van der Waals surface area contributed by atoms with Gasteiger partial charge >= 0.3 is 6.18 Å². The molecule has 1 aliphatic rings. The van der Waals surface area contributed by atoms with E-state index < -0.39 is 30.0 Å². The summed E-state index contributed by atoms with van der Waals surface area (Å²) in [5.74, 6) is -3.67. The smallest absolute Gasteiger partial charge is 0.356 e. The van der Waals surface area contributed by atoms with E-state index in [2.05, 4.69) is 15.3 Å². The van der Waals surface area contributed by atoms with Gasteiger partial charge in [0.25, 0.3) is 5.91 Å². The fourth-order valence-corrected chi connectivity index (χ4v) is 3.48. The van der Waals surface area contributed by atoms with Crippen LogP contribution in [0.2, 0.25) is 0 Å². The maximum atomic E-state index is 13.8. The van der Waals surface area contributed by atoms with Gasteiger partial charge in [-0.15, -0.1) is 0 Å². The van der Waals surface area contributed by atoms with E-state index in [1.807, 2.05) is 0 Å². The number of aryl methyl sites for hydroxylation is 1. The fraction of sp³-hybridized carbons (Fsp3) is 0.450. The predicted octanol–water partition coefficient (Wildman–Crippen LogP) is 4.99. The number of carbonyl (C=O) groups is 1. The molecule has 1 N–H and O–H groups in total. The second kappa shape index (κ2) is 8.16. The first-order valence-corrected chi connectivity index (χ1v) is 9.41. The van der Waals surface area contributed by atoms with Gasteiger partial charge in [-0.25, -0.2) is 13.8 Å². The summed E-state index contributed by atoms with van der Waals surface area (Å²) in [5, 5.41) is 2.57. The molecule has 0 atom stereocenters. The van der Waals surface area contributed by atoms with Gasteiger partial charge in [-0.3, -0.25) is 9.78 Å². The summed E-state index contributed by atoms with van der Waals surface area (Å²) in [7, 11) is 0. The average Bonchev–Trinajstić information content (AvgIpc) is 2.80. The van der Waals surface area contributed by atoms with Gasteiger partial charge in [0.05, 0.1) is 11.1 Å². The van der Waals surface area contributed by atoms with E-state index in [0.717, 1.165) is 0 Å². The van der Waals surface area contributed by atoms with Crippen molar-refractivity contribution in [3.05, 3.63) is 46.9 Å². The summed E-state index contributed by atoms with van der Waals surface area (Å²) in [5.41, 5.74) is -0.641. The molecule has 162 valence electrons. The Labute approximate surface area is 170 Å². The Morgan fingerprint density at radius 1 is 1.17 bits per heavy atom. The number of pyridine rings is 2. The normalized spacial score (nSPS) is 16.8. The van der Waals surface area contributed by atoms with Crippen molar-refractivity contribution < 1.29 is 26.7 Å². The number of aromatic nitrogens is 2. The van der Waals surface area contributed by atoms with E-state index in [-0.39, 0.29) is 42.9 Å². The molecule has 1 aliphatic heterocycles. The van der Waals surface area contributed by atoms with Gasteiger partial charge in [0.2, 0.25) is 5.92 Å². The Morgan fingerprint density at radius 3 is 2.57 bits per heavy atom. The van der Waals surface area contributed by atoms with Crippen LogP contribution in [0, 0.1) is 13.8 Å². The molecule has 30 heavy (non-hydrogen) atoms. The molecule has 10 heteroatoms. The third-order valence-corrected chi connectivity index (χ3v) is 5.02. The lowest BCUT2D eigenvalue weighted by molar-refractivity contribution is -0.138. The number of hydrogen-bond acceptors (Lipinski definition) is 4. The van der Waals surface area contributed by atoms with Crippen molar-refractivity contribution in [3.63, 3.8) is 0 Å². The van der Waals surface area contributed by atoms with Crippen molar-refractivity contribution in [3.8, 4) is 0 Å². The number of carbonyl (C=O) groups excluding carboxylic acids is 1. The number of amides is 1. The molecule has 5 nitrogen and oxygen atoms in total. The summed E-state index contributed by atoms with van der Waals surface area (Å²) in [6.45, 7) is 2.95. The molecule has 1 saturated heterocycles. The summed E-state index contributed by atoms with van der Waals surface area (Å²) in [6, 6.07) is 3.08. The molecule has 3 heterocycles. The molecule has 2 aromatic rings. The van der Waals surface area contributed by atoms with Gasteiger partial charge in [-0.05, 0) is 38.0 Å². The van der Waals surface area contributed by atoms with E-state index >= 15 is 0 Å². The summed E-state index contributed by atoms with van der Waals surface area (Å²) >= 11 is 0. The molecular formula is C20H21F5N4O. The quantitative estimate of drug-likeness (QED) is 0.700. The summed E-state index contributed by atoms with van der Waals surface area (Å²) in [4.78, 5) is 22.3. The first kappa shape index (κ1) is 21.9. The zero-order valence-electron chi connectivity index (χ0n) is 16.5. The lowest BCUT2D eigenvalue weighted by atomic mass is 10.0. The molecule has 0 saturated carbocycles. The molecule has 0 bridgehead atoms. The van der Waals surface area contributed by atoms with Gasteiger partial charge in [0.1, 0.15) is 5.82 Å². The second-order valence-corrected chi connectivity index (χ2v) is 7.33. The van der Waals surface area contributed by atoms with Crippen molar-refractivity contribution in [2.75, 3.05) is 23.3 Å². The van der Waals surface area contributed by atoms with Crippen LogP contribution in [-0.2, 0) is 6.18 Å². The van der Waals surface area contributed by atoms with Crippen LogP contribution < -0.4 is 10.2 Å². The van der Waals surface area contributed by atoms with Crippen LogP contribution >= 0.6 is 0 Å². The lowest BCUT2D eigenvalue weighted by Crippen LogP contribution is -2.30. The largest absolute Gasteiger partial charge is 0.418 e. The molecule has 3 rings (SSSR count). The van der Waals surface area contributed by atoms with E-state index in [1.165, 1.54) is 24.1 Å². The highest BCUT2D eigenvalue weighted by atomic mass is 19.4. The van der Waals surface area contributed by atoms with Gasteiger partial charge in [0.15, 0.2) is 0 Å². The summed E-state index contributed by atoms with van der Waals surface area (Å²) in [6.07, 6.45) is -3.23. The molecule has 0 aromatic carbocycles. The second-order valence-electron chi connectivity index (χ2n) is 7.33. The van der Waals surface area contributed by atoms with E-state index in [1.54, 1.807) is 13.0 Å². The SMILES string of the molecule is Cc1cc(NC(=O)c2c(N3CCCC(F)(F)CC3)ncc(C(F)(F)F)c2C)ccn1. The van der Waals surface area contributed by atoms with Crippen molar-refractivity contribution >= 4 is 17.4 Å². The molecule has 0 unspecified atom stereocenters. The van der Waals surface area contributed by atoms with E-state index in [0.29, 0.717) is 17.6 Å². The maximum absolute atomic E-state index is 13.8. The van der Waals surface area contributed by atoms with Gasteiger partial charge in [-0.1, -0.05) is 0 Å². The number of nitrogens with one attached hydrogen (secondary N) is 1. The topological polar surface area (TPSA) is 58.1 Å². The molecule has 0 radical (unpaired) electrons. The first-order chi connectivity index (χ1) is 14.0. The Bertz CT molecular complexity index is 945. The Kier molecular flexibility index (Phi) is 5.96. The van der Waals surface area contributed by atoms with Crippen LogP contribution in [-0.4, -0.2) is 34.9 Å². The van der Waals surface area contributed by atoms with Crippen molar-refractivity contribution in [1.29, 1.82) is 0 Å².